The Kier molecular flexibility index (Phi) is 3.92. The zero-order valence-electron chi connectivity index (χ0n) is 16.7. The molecule has 0 bridgehead atoms. The highest BCUT2D eigenvalue weighted by Gasteiger charge is 2.67. The molecule has 27 heavy (non-hydrogen) atoms. The molecule has 4 aliphatic carbocycles. The van der Waals surface area contributed by atoms with Crippen LogP contribution in [0.3, 0.4) is 0 Å². The maximum Gasteiger partial charge on any atom is 0.331 e. The Morgan fingerprint density at radius 1 is 1.04 bits per heavy atom. The Labute approximate surface area is 162 Å². The Bertz CT molecular complexity index is 686. The second-order valence-corrected chi connectivity index (χ2v) is 10.7. The molecule has 0 amide bonds. The Balaban J connectivity index is 1.47. The van der Waals surface area contributed by atoms with Crippen molar-refractivity contribution in [1.82, 2.24) is 0 Å². The molecule has 0 saturated heterocycles. The van der Waals surface area contributed by atoms with Gasteiger partial charge in [0.2, 0.25) is 0 Å². The fourth-order valence-corrected chi connectivity index (χ4v) is 8.39. The molecule has 2 N–H and O–H groups in total. The summed E-state index contributed by atoms with van der Waals surface area (Å²) in [4.78, 5) is 11.6. The smallest absolute Gasteiger partial charge is 0.331 e. The normalized spacial score (nSPS) is 54.6. The van der Waals surface area contributed by atoms with Crippen LogP contribution in [0.4, 0.5) is 0 Å². The van der Waals surface area contributed by atoms with Crippen LogP contribution in [0, 0.1) is 34.5 Å². The van der Waals surface area contributed by atoms with Crippen molar-refractivity contribution in [3.63, 3.8) is 0 Å². The minimum absolute atomic E-state index is 0.126. The summed E-state index contributed by atoms with van der Waals surface area (Å²) >= 11 is 0. The zero-order chi connectivity index (χ0) is 19.0. The van der Waals surface area contributed by atoms with Crippen LogP contribution < -0.4 is 0 Å². The molecule has 0 aromatic heterocycles. The highest BCUT2D eigenvalue weighted by molar-refractivity contribution is 5.85. The quantitative estimate of drug-likeness (QED) is 0.688. The van der Waals surface area contributed by atoms with E-state index in [1.165, 1.54) is 6.42 Å². The van der Waals surface area contributed by atoms with Crippen molar-refractivity contribution >= 4 is 5.97 Å². The van der Waals surface area contributed by atoms with Crippen LogP contribution >= 0.6 is 0 Å². The molecule has 0 aromatic rings. The van der Waals surface area contributed by atoms with E-state index in [0.29, 0.717) is 24.4 Å². The van der Waals surface area contributed by atoms with E-state index in [4.69, 9.17) is 4.74 Å². The SMILES string of the molecule is C[C@]12CC[C@H](O)C[C@@H]1CC[C@H]1[C@H]2CC[C@]2(C)[C@H](C3=CC(=O)OC3)CC[C@]12O. The standard InChI is InChI=1S/C23H34O4/c1-21-8-5-16(24)12-15(21)3-4-19-18(21)6-9-22(2)17(7-10-23(19,22)26)14-11-20(25)27-13-14/h11,15-19,24,26H,3-10,12-13H2,1-2H3/t15-,16-,17-,18+,19-,21-,22+,23-/m0/s1. The highest BCUT2D eigenvalue weighted by atomic mass is 16.5. The molecule has 5 aliphatic rings. The van der Waals surface area contributed by atoms with Gasteiger partial charge in [-0.15, -0.1) is 0 Å². The van der Waals surface area contributed by atoms with Gasteiger partial charge in [0.05, 0.1) is 11.7 Å². The van der Waals surface area contributed by atoms with Gasteiger partial charge in [-0.05, 0) is 92.4 Å². The molecule has 4 nitrogen and oxygen atoms in total. The van der Waals surface area contributed by atoms with Gasteiger partial charge in [0.15, 0.2) is 0 Å². The van der Waals surface area contributed by atoms with E-state index in [1.807, 2.05) is 0 Å². The number of aliphatic hydroxyl groups excluding tert-OH is 1. The number of aliphatic hydroxyl groups is 2. The molecule has 0 unspecified atom stereocenters. The third-order valence-corrected chi connectivity index (χ3v) is 9.96. The van der Waals surface area contributed by atoms with Crippen molar-refractivity contribution in [1.29, 1.82) is 0 Å². The first kappa shape index (κ1) is 18.2. The molecule has 1 aliphatic heterocycles. The van der Waals surface area contributed by atoms with Crippen molar-refractivity contribution in [2.24, 2.45) is 34.5 Å². The highest BCUT2D eigenvalue weighted by Crippen LogP contribution is 2.69. The van der Waals surface area contributed by atoms with Gasteiger partial charge in [-0.25, -0.2) is 4.79 Å². The predicted molar refractivity (Wildman–Crippen MR) is 102 cm³/mol. The predicted octanol–water partition coefficient (Wildman–Crippen LogP) is 3.60. The molecule has 0 spiro atoms. The second-order valence-electron chi connectivity index (χ2n) is 10.7. The summed E-state index contributed by atoms with van der Waals surface area (Å²) in [6, 6.07) is 0. The zero-order valence-corrected chi connectivity index (χ0v) is 16.7. The summed E-state index contributed by atoms with van der Waals surface area (Å²) in [6.45, 7) is 5.15. The lowest BCUT2D eigenvalue weighted by Crippen LogP contribution is -2.62. The maximum atomic E-state index is 12.1. The summed E-state index contributed by atoms with van der Waals surface area (Å²) in [5.74, 6) is 1.59. The first-order valence-corrected chi connectivity index (χ1v) is 11.1. The van der Waals surface area contributed by atoms with Crippen molar-refractivity contribution < 1.29 is 19.7 Å². The number of hydrogen-bond acceptors (Lipinski definition) is 4. The van der Waals surface area contributed by atoms with Gasteiger partial charge in [0, 0.05) is 11.5 Å². The first-order chi connectivity index (χ1) is 12.8. The van der Waals surface area contributed by atoms with E-state index in [-0.39, 0.29) is 28.8 Å². The van der Waals surface area contributed by atoms with Gasteiger partial charge in [0.1, 0.15) is 6.61 Å². The van der Waals surface area contributed by atoms with E-state index in [1.54, 1.807) is 6.08 Å². The van der Waals surface area contributed by atoms with Crippen LogP contribution in [0.2, 0.25) is 0 Å². The van der Waals surface area contributed by atoms with E-state index in [9.17, 15) is 15.0 Å². The molecule has 4 saturated carbocycles. The number of carbonyl (C=O) groups excluding carboxylic acids is 1. The molecular formula is C23H34O4. The number of rotatable bonds is 1. The van der Waals surface area contributed by atoms with E-state index in [2.05, 4.69) is 13.8 Å². The maximum absolute atomic E-state index is 12.1. The van der Waals surface area contributed by atoms with Gasteiger partial charge in [-0.1, -0.05) is 13.8 Å². The minimum atomic E-state index is -0.628. The average molecular weight is 375 g/mol. The lowest BCUT2D eigenvalue weighted by Gasteiger charge is -2.63. The monoisotopic (exact) mass is 374 g/mol. The summed E-state index contributed by atoms with van der Waals surface area (Å²) in [5.41, 5.74) is 0.600. The third-order valence-electron chi connectivity index (χ3n) is 9.96. The number of fused-ring (bicyclic) bond motifs is 5. The summed E-state index contributed by atoms with van der Waals surface area (Å²) in [6.07, 6.45) is 10.8. The van der Waals surface area contributed by atoms with Crippen LogP contribution in [0.15, 0.2) is 11.6 Å². The van der Waals surface area contributed by atoms with Crippen molar-refractivity contribution in [3.05, 3.63) is 11.6 Å². The third kappa shape index (κ3) is 2.32. The van der Waals surface area contributed by atoms with Gasteiger partial charge in [-0.2, -0.15) is 0 Å². The molecular weight excluding hydrogens is 340 g/mol. The average Bonchev–Trinajstić information content (AvgIpc) is 3.16. The second kappa shape index (κ2) is 5.82. The molecule has 150 valence electrons. The number of esters is 1. The molecule has 0 aromatic carbocycles. The summed E-state index contributed by atoms with van der Waals surface area (Å²) in [5, 5.41) is 22.3. The van der Waals surface area contributed by atoms with Crippen LogP contribution in [-0.4, -0.2) is 34.5 Å². The van der Waals surface area contributed by atoms with E-state index in [0.717, 1.165) is 56.9 Å². The topological polar surface area (TPSA) is 66.8 Å². The molecule has 4 heteroatoms. The van der Waals surface area contributed by atoms with Crippen LogP contribution in [0.1, 0.15) is 71.6 Å². The number of hydrogen-bond donors (Lipinski definition) is 2. The number of carbonyl (C=O) groups is 1. The Morgan fingerprint density at radius 2 is 1.85 bits per heavy atom. The van der Waals surface area contributed by atoms with Crippen LogP contribution in [0.25, 0.3) is 0 Å². The Morgan fingerprint density at radius 3 is 2.59 bits per heavy atom. The van der Waals surface area contributed by atoms with Crippen LogP contribution in [-0.2, 0) is 9.53 Å². The number of ether oxygens (including phenoxy) is 1. The molecule has 5 rings (SSSR count). The summed E-state index contributed by atoms with van der Waals surface area (Å²) < 4.78 is 5.20. The molecule has 1 heterocycles. The summed E-state index contributed by atoms with van der Waals surface area (Å²) in [7, 11) is 0. The van der Waals surface area contributed by atoms with Gasteiger partial charge >= 0.3 is 5.97 Å². The minimum Gasteiger partial charge on any atom is -0.458 e. The van der Waals surface area contributed by atoms with Crippen LogP contribution in [0.5, 0.6) is 0 Å². The fourth-order valence-electron chi connectivity index (χ4n) is 8.39. The largest absolute Gasteiger partial charge is 0.458 e. The van der Waals surface area contributed by atoms with E-state index < -0.39 is 5.60 Å². The molecule has 0 radical (unpaired) electrons. The lowest BCUT2D eigenvalue weighted by molar-refractivity contribution is -0.208. The van der Waals surface area contributed by atoms with Gasteiger partial charge in [0.25, 0.3) is 0 Å². The van der Waals surface area contributed by atoms with Crippen molar-refractivity contribution in [2.45, 2.75) is 83.3 Å². The fraction of sp³-hybridized carbons (Fsp3) is 0.870. The Hall–Kier alpha value is -0.870. The van der Waals surface area contributed by atoms with Crippen molar-refractivity contribution in [3.8, 4) is 0 Å². The molecule has 4 fully saturated rings. The van der Waals surface area contributed by atoms with Gasteiger partial charge in [-0.3, -0.25) is 0 Å². The van der Waals surface area contributed by atoms with Crippen molar-refractivity contribution in [2.75, 3.05) is 6.61 Å². The van der Waals surface area contributed by atoms with Gasteiger partial charge < -0.3 is 14.9 Å². The lowest BCUT2D eigenvalue weighted by atomic mass is 9.43. The number of cyclic esters (lactones) is 1. The molecule has 8 atom stereocenters. The first-order valence-electron chi connectivity index (χ1n) is 11.1. The van der Waals surface area contributed by atoms with E-state index >= 15 is 0 Å².